The largest absolute Gasteiger partial charge is 0.458 e. The van der Waals surface area contributed by atoms with Gasteiger partial charge in [-0.3, -0.25) is 4.79 Å². The number of furan rings is 1. The first-order valence-corrected chi connectivity index (χ1v) is 9.71. The molecule has 1 saturated heterocycles. The summed E-state index contributed by atoms with van der Waals surface area (Å²) >= 11 is 0. The van der Waals surface area contributed by atoms with Crippen LogP contribution in [0.4, 0.5) is 10.4 Å². The van der Waals surface area contributed by atoms with Crippen LogP contribution >= 0.6 is 0 Å². The summed E-state index contributed by atoms with van der Waals surface area (Å²) in [7, 11) is 0. The fourth-order valence-electron chi connectivity index (χ4n) is 4.05. The topological polar surface area (TPSA) is 104 Å². The molecule has 1 fully saturated rings. The molecular weight excluding hydrogens is 391 g/mol. The average molecular weight is 408 g/mol. The monoisotopic (exact) mass is 408 g/mol. The minimum atomic E-state index is -0.909. The SMILES string of the molecule is O=C(c1nnc(N2CC(F)C2)o1)N1CCc2[nH]cnc2[C@H]1c1cc2ccccc2o1. The molecule has 1 aromatic carbocycles. The van der Waals surface area contributed by atoms with E-state index in [1.807, 2.05) is 30.3 Å². The fourth-order valence-corrected chi connectivity index (χ4v) is 4.05. The Morgan fingerprint density at radius 1 is 1.20 bits per heavy atom. The number of carbonyl (C=O) groups is 1. The summed E-state index contributed by atoms with van der Waals surface area (Å²) in [5.41, 5.74) is 2.43. The maximum Gasteiger partial charge on any atom is 0.318 e. The van der Waals surface area contributed by atoms with E-state index in [0.29, 0.717) is 18.7 Å². The number of imidazole rings is 1. The van der Waals surface area contributed by atoms with Gasteiger partial charge in [-0.25, -0.2) is 9.37 Å². The molecular formula is C20H17FN6O3. The van der Waals surface area contributed by atoms with Crippen LogP contribution < -0.4 is 4.90 Å². The number of rotatable bonds is 3. The lowest BCUT2D eigenvalue weighted by atomic mass is 10.00. The van der Waals surface area contributed by atoms with Gasteiger partial charge in [0.15, 0.2) is 0 Å². The maximum atomic E-state index is 13.3. The van der Waals surface area contributed by atoms with Gasteiger partial charge in [-0.2, -0.15) is 0 Å². The second-order valence-electron chi connectivity index (χ2n) is 7.50. The zero-order valence-corrected chi connectivity index (χ0v) is 15.8. The molecule has 0 unspecified atom stereocenters. The van der Waals surface area contributed by atoms with Crippen molar-refractivity contribution in [2.75, 3.05) is 24.5 Å². The van der Waals surface area contributed by atoms with E-state index in [1.165, 1.54) is 0 Å². The molecule has 9 nitrogen and oxygen atoms in total. The van der Waals surface area contributed by atoms with E-state index in [1.54, 1.807) is 16.1 Å². The number of halogens is 1. The van der Waals surface area contributed by atoms with E-state index in [4.69, 9.17) is 8.83 Å². The second-order valence-corrected chi connectivity index (χ2v) is 7.50. The molecule has 0 saturated carbocycles. The number of nitrogens with zero attached hydrogens (tertiary/aromatic N) is 5. The molecule has 2 aliphatic heterocycles. The molecule has 6 rings (SSSR count). The van der Waals surface area contributed by atoms with E-state index >= 15 is 0 Å². The van der Waals surface area contributed by atoms with Gasteiger partial charge >= 0.3 is 17.8 Å². The summed E-state index contributed by atoms with van der Waals surface area (Å²) in [5, 5.41) is 8.75. The fraction of sp³-hybridized carbons (Fsp3) is 0.300. The lowest BCUT2D eigenvalue weighted by Crippen LogP contribution is -2.48. The first-order chi connectivity index (χ1) is 14.7. The summed E-state index contributed by atoms with van der Waals surface area (Å²) in [6.07, 6.45) is 1.33. The van der Waals surface area contributed by atoms with E-state index in [9.17, 15) is 9.18 Å². The van der Waals surface area contributed by atoms with E-state index in [2.05, 4.69) is 20.2 Å². The molecule has 3 aromatic heterocycles. The van der Waals surface area contributed by atoms with Crippen molar-refractivity contribution in [3.63, 3.8) is 0 Å². The molecule has 1 N–H and O–H groups in total. The van der Waals surface area contributed by atoms with Crippen molar-refractivity contribution >= 4 is 22.9 Å². The Hall–Kier alpha value is -3.69. The first-order valence-electron chi connectivity index (χ1n) is 9.71. The molecule has 30 heavy (non-hydrogen) atoms. The third-order valence-electron chi connectivity index (χ3n) is 5.60. The molecule has 2 aliphatic rings. The molecule has 0 aliphatic carbocycles. The summed E-state index contributed by atoms with van der Waals surface area (Å²) in [4.78, 5) is 24.1. The van der Waals surface area contributed by atoms with Crippen molar-refractivity contribution in [2.24, 2.45) is 0 Å². The van der Waals surface area contributed by atoms with Gasteiger partial charge in [0.05, 0.1) is 25.1 Å². The number of benzene rings is 1. The number of hydrogen-bond acceptors (Lipinski definition) is 7. The molecule has 0 bridgehead atoms. The summed E-state index contributed by atoms with van der Waals surface area (Å²) in [5.74, 6) is 0.0675. The second kappa shape index (κ2) is 6.41. The van der Waals surface area contributed by atoms with Crippen LogP contribution in [0.15, 0.2) is 45.5 Å². The minimum Gasteiger partial charge on any atom is -0.458 e. The van der Waals surface area contributed by atoms with Gasteiger partial charge in [0, 0.05) is 24.0 Å². The van der Waals surface area contributed by atoms with Gasteiger partial charge in [0.25, 0.3) is 0 Å². The Morgan fingerprint density at radius 2 is 2.07 bits per heavy atom. The number of hydrogen-bond donors (Lipinski definition) is 1. The number of H-pyrrole nitrogens is 1. The van der Waals surface area contributed by atoms with Gasteiger partial charge < -0.3 is 23.6 Å². The van der Waals surface area contributed by atoms with Gasteiger partial charge in [-0.1, -0.05) is 23.3 Å². The van der Waals surface area contributed by atoms with Gasteiger partial charge in [-0.15, -0.1) is 5.10 Å². The van der Waals surface area contributed by atoms with Gasteiger partial charge in [0.1, 0.15) is 23.6 Å². The molecule has 0 radical (unpaired) electrons. The molecule has 1 atom stereocenters. The highest BCUT2D eigenvalue weighted by Crippen LogP contribution is 2.37. The number of carbonyl (C=O) groups excluding carboxylic acids is 1. The number of nitrogens with one attached hydrogen (secondary N) is 1. The predicted molar refractivity (Wildman–Crippen MR) is 103 cm³/mol. The number of fused-ring (bicyclic) bond motifs is 2. The van der Waals surface area contributed by atoms with Crippen LogP contribution in [0.5, 0.6) is 0 Å². The number of alkyl halides is 1. The molecule has 0 spiro atoms. The lowest BCUT2D eigenvalue weighted by Gasteiger charge is -2.33. The van der Waals surface area contributed by atoms with Crippen molar-refractivity contribution < 1.29 is 18.0 Å². The number of para-hydroxylation sites is 1. The Labute approximate surface area is 169 Å². The molecule has 1 amide bonds. The lowest BCUT2D eigenvalue weighted by molar-refractivity contribution is 0.0632. The van der Waals surface area contributed by atoms with E-state index < -0.39 is 18.1 Å². The molecule has 152 valence electrons. The Kier molecular flexibility index (Phi) is 3.67. The van der Waals surface area contributed by atoms with Gasteiger partial charge in [0.2, 0.25) is 0 Å². The van der Waals surface area contributed by atoms with Crippen molar-refractivity contribution in [2.45, 2.75) is 18.6 Å². The van der Waals surface area contributed by atoms with Crippen molar-refractivity contribution in [3.05, 3.63) is 59.7 Å². The third kappa shape index (κ3) is 2.60. The zero-order valence-electron chi connectivity index (χ0n) is 15.8. The summed E-state index contributed by atoms with van der Waals surface area (Å²) < 4.78 is 24.7. The van der Waals surface area contributed by atoms with E-state index in [-0.39, 0.29) is 25.0 Å². The average Bonchev–Trinajstić information content (AvgIpc) is 3.48. The van der Waals surface area contributed by atoms with Crippen LogP contribution in [-0.4, -0.2) is 56.8 Å². The van der Waals surface area contributed by atoms with Crippen LogP contribution in [0.3, 0.4) is 0 Å². The van der Waals surface area contributed by atoms with Gasteiger partial charge in [-0.05, 0) is 12.1 Å². The number of aromatic nitrogens is 4. The summed E-state index contributed by atoms with van der Waals surface area (Å²) in [6.45, 7) is 0.819. The van der Waals surface area contributed by atoms with Crippen molar-refractivity contribution in [1.82, 2.24) is 25.1 Å². The van der Waals surface area contributed by atoms with E-state index in [0.717, 1.165) is 22.4 Å². The zero-order chi connectivity index (χ0) is 20.2. The Balaban J connectivity index is 1.37. The Bertz CT molecular complexity index is 1210. The first kappa shape index (κ1) is 17.2. The predicted octanol–water partition coefficient (Wildman–Crippen LogP) is 2.48. The Morgan fingerprint density at radius 3 is 2.90 bits per heavy atom. The van der Waals surface area contributed by atoms with Crippen molar-refractivity contribution in [3.8, 4) is 0 Å². The summed E-state index contributed by atoms with van der Waals surface area (Å²) in [6, 6.07) is 9.23. The number of aromatic amines is 1. The normalized spacial score (nSPS) is 19.2. The molecule has 4 aromatic rings. The standard InChI is InChI=1S/C20H17FN6O3/c21-12-8-26(9-12)20-25-24-18(30-20)19(28)27-6-5-13-16(23-10-22-13)17(27)15-7-11-3-1-2-4-14(11)29-15/h1-4,7,10,12,17H,5-6,8-9H2,(H,22,23)/t17-/m1/s1. The smallest absolute Gasteiger partial charge is 0.318 e. The highest BCUT2D eigenvalue weighted by Gasteiger charge is 2.39. The highest BCUT2D eigenvalue weighted by atomic mass is 19.1. The van der Waals surface area contributed by atoms with Crippen molar-refractivity contribution in [1.29, 1.82) is 0 Å². The van der Waals surface area contributed by atoms with Crippen LogP contribution in [0.2, 0.25) is 0 Å². The van der Waals surface area contributed by atoms with Crippen LogP contribution in [-0.2, 0) is 6.42 Å². The number of amides is 1. The van der Waals surface area contributed by atoms with Crippen LogP contribution in [0.1, 0.15) is 33.9 Å². The third-order valence-corrected chi connectivity index (χ3v) is 5.60. The highest BCUT2D eigenvalue weighted by molar-refractivity contribution is 5.90. The van der Waals surface area contributed by atoms with Crippen LogP contribution in [0.25, 0.3) is 11.0 Å². The molecule has 5 heterocycles. The minimum absolute atomic E-state index is 0.132. The molecule has 10 heteroatoms. The van der Waals surface area contributed by atoms with Crippen LogP contribution in [0, 0.1) is 0 Å². The maximum absolute atomic E-state index is 13.3. The number of anilines is 1. The quantitative estimate of drug-likeness (QED) is 0.555.